The number of rotatable bonds is 1. The standard InChI is InChI=1S/C10H14O3/c1-13-10(12)8-5-6-2-3-7(4-6)9(8)11/h6-8H,2-5H2,1H3. The molecule has 0 N–H and O–H groups in total. The molecule has 2 aliphatic carbocycles. The van der Waals surface area contributed by atoms with Gasteiger partial charge in [0.15, 0.2) is 0 Å². The molecule has 72 valence electrons. The summed E-state index contributed by atoms with van der Waals surface area (Å²) in [5.74, 6) is 0.0908. The third kappa shape index (κ3) is 1.36. The molecule has 0 aromatic rings. The predicted molar refractivity (Wildman–Crippen MR) is 46.0 cm³/mol. The molecule has 0 radical (unpaired) electrons. The van der Waals surface area contributed by atoms with Crippen molar-refractivity contribution in [3.05, 3.63) is 0 Å². The van der Waals surface area contributed by atoms with E-state index < -0.39 is 5.92 Å². The van der Waals surface area contributed by atoms with Gasteiger partial charge in [0.05, 0.1) is 7.11 Å². The van der Waals surface area contributed by atoms with E-state index in [0.29, 0.717) is 5.92 Å². The SMILES string of the molecule is COC(=O)C1CC2CCC(C2)C1=O. The molecular formula is C10H14O3. The number of carbonyl (C=O) groups excluding carboxylic acids is 2. The van der Waals surface area contributed by atoms with Crippen LogP contribution >= 0.6 is 0 Å². The molecule has 2 fully saturated rings. The van der Waals surface area contributed by atoms with E-state index in [4.69, 9.17) is 0 Å². The highest BCUT2D eigenvalue weighted by Crippen LogP contribution is 2.42. The summed E-state index contributed by atoms with van der Waals surface area (Å²) in [6, 6.07) is 0. The van der Waals surface area contributed by atoms with Crippen molar-refractivity contribution in [3.63, 3.8) is 0 Å². The van der Waals surface area contributed by atoms with E-state index in [2.05, 4.69) is 4.74 Å². The van der Waals surface area contributed by atoms with Crippen molar-refractivity contribution >= 4 is 11.8 Å². The normalized spacial score (nSPS) is 37.6. The largest absolute Gasteiger partial charge is 0.468 e. The van der Waals surface area contributed by atoms with Crippen LogP contribution in [0.25, 0.3) is 0 Å². The lowest BCUT2D eigenvalue weighted by molar-refractivity contribution is -0.152. The van der Waals surface area contributed by atoms with Crippen LogP contribution in [0.15, 0.2) is 0 Å². The fourth-order valence-corrected chi connectivity index (χ4v) is 2.64. The van der Waals surface area contributed by atoms with Gasteiger partial charge < -0.3 is 4.74 Å². The van der Waals surface area contributed by atoms with E-state index in [1.165, 1.54) is 7.11 Å². The second-order valence-corrected chi connectivity index (χ2v) is 4.09. The number of ether oxygens (including phenoxy) is 1. The molecule has 0 heterocycles. The fourth-order valence-electron chi connectivity index (χ4n) is 2.64. The average molecular weight is 182 g/mol. The molecule has 0 saturated heterocycles. The number of methoxy groups -OCH3 is 1. The van der Waals surface area contributed by atoms with Crippen LogP contribution in [-0.2, 0) is 14.3 Å². The van der Waals surface area contributed by atoms with Crippen molar-refractivity contribution in [1.29, 1.82) is 0 Å². The van der Waals surface area contributed by atoms with Gasteiger partial charge in [-0.05, 0) is 31.6 Å². The van der Waals surface area contributed by atoms with Gasteiger partial charge in [0.25, 0.3) is 0 Å². The van der Waals surface area contributed by atoms with Gasteiger partial charge in [0, 0.05) is 5.92 Å². The number of ketones is 1. The molecule has 2 saturated carbocycles. The first-order valence-corrected chi connectivity index (χ1v) is 4.84. The van der Waals surface area contributed by atoms with Gasteiger partial charge in [-0.25, -0.2) is 0 Å². The van der Waals surface area contributed by atoms with Crippen LogP contribution in [0.2, 0.25) is 0 Å². The van der Waals surface area contributed by atoms with Crippen LogP contribution in [0.4, 0.5) is 0 Å². The Kier molecular flexibility index (Phi) is 2.10. The summed E-state index contributed by atoms with van der Waals surface area (Å²) in [6.45, 7) is 0. The maximum atomic E-state index is 11.7. The Hall–Kier alpha value is -0.860. The molecule has 13 heavy (non-hydrogen) atoms. The molecular weight excluding hydrogens is 168 g/mol. The maximum absolute atomic E-state index is 11.7. The molecule has 3 atom stereocenters. The lowest BCUT2D eigenvalue weighted by Crippen LogP contribution is -2.34. The molecule has 0 amide bonds. The van der Waals surface area contributed by atoms with Crippen molar-refractivity contribution in [1.82, 2.24) is 0 Å². The third-order valence-electron chi connectivity index (χ3n) is 3.34. The Morgan fingerprint density at radius 3 is 2.85 bits per heavy atom. The van der Waals surface area contributed by atoms with Crippen molar-refractivity contribution < 1.29 is 14.3 Å². The van der Waals surface area contributed by atoms with E-state index in [-0.39, 0.29) is 17.7 Å². The molecule has 0 spiro atoms. The van der Waals surface area contributed by atoms with Crippen molar-refractivity contribution in [2.45, 2.75) is 25.7 Å². The minimum absolute atomic E-state index is 0.126. The summed E-state index contributed by atoms with van der Waals surface area (Å²) in [7, 11) is 1.35. The molecule has 2 bridgehead atoms. The van der Waals surface area contributed by atoms with Crippen molar-refractivity contribution in [2.75, 3.05) is 7.11 Å². The van der Waals surface area contributed by atoms with Gasteiger partial charge in [-0.3, -0.25) is 9.59 Å². The fraction of sp³-hybridized carbons (Fsp3) is 0.800. The minimum Gasteiger partial charge on any atom is -0.468 e. The first-order chi connectivity index (χ1) is 6.22. The Bertz CT molecular complexity index is 247. The smallest absolute Gasteiger partial charge is 0.316 e. The highest BCUT2D eigenvalue weighted by molar-refractivity contribution is 6.00. The second kappa shape index (κ2) is 3.13. The number of carbonyl (C=O) groups is 2. The Morgan fingerprint density at radius 2 is 2.15 bits per heavy atom. The topological polar surface area (TPSA) is 43.4 Å². The van der Waals surface area contributed by atoms with E-state index in [0.717, 1.165) is 25.7 Å². The number of fused-ring (bicyclic) bond motifs is 2. The van der Waals surface area contributed by atoms with E-state index in [1.807, 2.05) is 0 Å². The van der Waals surface area contributed by atoms with Crippen LogP contribution in [0.1, 0.15) is 25.7 Å². The number of esters is 1. The van der Waals surface area contributed by atoms with Crippen LogP contribution in [-0.4, -0.2) is 18.9 Å². The molecule has 0 aromatic carbocycles. The summed E-state index contributed by atoms with van der Waals surface area (Å²) in [4.78, 5) is 22.9. The van der Waals surface area contributed by atoms with Crippen LogP contribution in [0, 0.1) is 17.8 Å². The van der Waals surface area contributed by atoms with Crippen LogP contribution in [0.3, 0.4) is 0 Å². The Morgan fingerprint density at radius 1 is 1.38 bits per heavy atom. The highest BCUT2D eigenvalue weighted by Gasteiger charge is 2.44. The molecule has 0 aliphatic heterocycles. The minimum atomic E-state index is -0.448. The van der Waals surface area contributed by atoms with Gasteiger partial charge >= 0.3 is 5.97 Å². The number of Topliss-reactive ketones (excluding diaryl/α,β-unsaturated/α-hetero) is 1. The second-order valence-electron chi connectivity index (χ2n) is 4.09. The summed E-state index contributed by atoms with van der Waals surface area (Å²) in [6.07, 6.45) is 3.83. The molecule has 0 aromatic heterocycles. The Labute approximate surface area is 77.4 Å². The van der Waals surface area contributed by atoms with Crippen molar-refractivity contribution in [2.24, 2.45) is 17.8 Å². The van der Waals surface area contributed by atoms with Gasteiger partial charge in [0.1, 0.15) is 11.7 Å². The quantitative estimate of drug-likeness (QED) is 0.451. The average Bonchev–Trinajstić information content (AvgIpc) is 2.55. The number of hydrogen-bond acceptors (Lipinski definition) is 3. The first-order valence-electron chi connectivity index (χ1n) is 4.84. The van der Waals surface area contributed by atoms with Gasteiger partial charge in [0.2, 0.25) is 0 Å². The van der Waals surface area contributed by atoms with Crippen molar-refractivity contribution in [3.8, 4) is 0 Å². The summed E-state index contributed by atoms with van der Waals surface area (Å²) >= 11 is 0. The monoisotopic (exact) mass is 182 g/mol. The molecule has 3 nitrogen and oxygen atoms in total. The maximum Gasteiger partial charge on any atom is 0.316 e. The molecule has 2 aliphatic rings. The zero-order valence-corrected chi connectivity index (χ0v) is 7.79. The van der Waals surface area contributed by atoms with Crippen LogP contribution < -0.4 is 0 Å². The van der Waals surface area contributed by atoms with Gasteiger partial charge in [-0.1, -0.05) is 0 Å². The summed E-state index contributed by atoms with van der Waals surface area (Å²) in [5, 5.41) is 0. The zero-order valence-electron chi connectivity index (χ0n) is 7.79. The van der Waals surface area contributed by atoms with Gasteiger partial charge in [-0.15, -0.1) is 0 Å². The third-order valence-corrected chi connectivity index (χ3v) is 3.34. The first kappa shape index (κ1) is 8.73. The van der Waals surface area contributed by atoms with Gasteiger partial charge in [-0.2, -0.15) is 0 Å². The summed E-state index contributed by atoms with van der Waals surface area (Å²) < 4.78 is 4.62. The van der Waals surface area contributed by atoms with Crippen LogP contribution in [0.5, 0.6) is 0 Å². The number of hydrogen-bond donors (Lipinski definition) is 0. The van der Waals surface area contributed by atoms with E-state index >= 15 is 0 Å². The zero-order chi connectivity index (χ0) is 9.42. The summed E-state index contributed by atoms with van der Waals surface area (Å²) in [5.41, 5.74) is 0. The Balaban J connectivity index is 2.13. The molecule has 2 rings (SSSR count). The molecule has 3 unspecified atom stereocenters. The predicted octanol–water partition coefficient (Wildman–Crippen LogP) is 1.16. The molecule has 3 heteroatoms. The highest BCUT2D eigenvalue weighted by atomic mass is 16.5. The van der Waals surface area contributed by atoms with E-state index in [9.17, 15) is 9.59 Å². The van der Waals surface area contributed by atoms with E-state index in [1.54, 1.807) is 0 Å². The lowest BCUT2D eigenvalue weighted by atomic mass is 9.80. The lowest BCUT2D eigenvalue weighted by Gasteiger charge is -2.24.